The van der Waals surface area contributed by atoms with Crippen molar-refractivity contribution >= 4 is 23.7 Å². The molecule has 2 aromatic rings. The van der Waals surface area contributed by atoms with Gasteiger partial charge in [0.1, 0.15) is 11.9 Å². The van der Waals surface area contributed by atoms with Crippen molar-refractivity contribution in [1.82, 2.24) is 15.2 Å². The van der Waals surface area contributed by atoms with Gasteiger partial charge in [0.05, 0.1) is 0 Å². The fourth-order valence-corrected chi connectivity index (χ4v) is 3.03. The number of benzene rings is 1. The molecule has 0 saturated carbocycles. The van der Waals surface area contributed by atoms with Gasteiger partial charge in [0.25, 0.3) is 0 Å². The van der Waals surface area contributed by atoms with Gasteiger partial charge in [-0.15, -0.1) is 0 Å². The van der Waals surface area contributed by atoms with E-state index in [2.05, 4.69) is 15.2 Å². The van der Waals surface area contributed by atoms with E-state index in [1.54, 1.807) is 24.1 Å². The van der Waals surface area contributed by atoms with Crippen LogP contribution in [-0.4, -0.2) is 53.9 Å². The Morgan fingerprint density at radius 2 is 1.74 bits per heavy atom. The highest BCUT2D eigenvalue weighted by Gasteiger charge is 2.25. The molecular formula is C21H24N4O2. The van der Waals surface area contributed by atoms with Gasteiger partial charge in [-0.05, 0) is 30.7 Å². The van der Waals surface area contributed by atoms with E-state index < -0.39 is 6.04 Å². The normalized spacial score (nSPS) is 15.6. The molecule has 6 heteroatoms. The Morgan fingerprint density at radius 1 is 1.04 bits per heavy atom. The minimum absolute atomic E-state index is 0.0582. The summed E-state index contributed by atoms with van der Waals surface area (Å²) in [4.78, 5) is 33.0. The first kappa shape index (κ1) is 18.6. The van der Waals surface area contributed by atoms with Crippen molar-refractivity contribution in [3.8, 4) is 0 Å². The van der Waals surface area contributed by atoms with Crippen molar-refractivity contribution in [1.29, 1.82) is 0 Å². The van der Waals surface area contributed by atoms with Crippen LogP contribution in [0, 0.1) is 0 Å². The highest BCUT2D eigenvalue weighted by Crippen LogP contribution is 2.13. The van der Waals surface area contributed by atoms with Crippen molar-refractivity contribution < 1.29 is 9.59 Å². The number of piperazine rings is 1. The molecule has 1 saturated heterocycles. The summed E-state index contributed by atoms with van der Waals surface area (Å²) in [6.45, 7) is 4.43. The predicted octanol–water partition coefficient (Wildman–Crippen LogP) is 1.95. The van der Waals surface area contributed by atoms with Crippen LogP contribution in [0.3, 0.4) is 0 Å². The summed E-state index contributed by atoms with van der Waals surface area (Å²) in [6.07, 6.45) is 4.96. The van der Waals surface area contributed by atoms with Crippen molar-refractivity contribution in [2.24, 2.45) is 0 Å². The molecule has 27 heavy (non-hydrogen) atoms. The van der Waals surface area contributed by atoms with Gasteiger partial charge in [-0.3, -0.25) is 9.59 Å². The van der Waals surface area contributed by atoms with Gasteiger partial charge in [0.2, 0.25) is 11.8 Å². The summed E-state index contributed by atoms with van der Waals surface area (Å²) < 4.78 is 0. The molecule has 0 radical (unpaired) electrons. The Labute approximate surface area is 159 Å². The van der Waals surface area contributed by atoms with Crippen molar-refractivity contribution in [2.45, 2.75) is 13.0 Å². The number of carbonyl (C=O) groups excluding carboxylic acids is 2. The average Bonchev–Trinajstić information content (AvgIpc) is 2.73. The number of hydrogen-bond donors (Lipinski definition) is 1. The van der Waals surface area contributed by atoms with Gasteiger partial charge in [0, 0.05) is 38.5 Å². The molecule has 1 N–H and O–H groups in total. The van der Waals surface area contributed by atoms with Gasteiger partial charge >= 0.3 is 0 Å². The van der Waals surface area contributed by atoms with Crippen molar-refractivity contribution in [3.63, 3.8) is 0 Å². The largest absolute Gasteiger partial charge is 0.353 e. The number of amides is 2. The Morgan fingerprint density at radius 3 is 2.41 bits per heavy atom. The Balaban J connectivity index is 1.48. The van der Waals surface area contributed by atoms with Crippen molar-refractivity contribution in [3.05, 3.63) is 66.4 Å². The van der Waals surface area contributed by atoms with E-state index in [0.717, 1.165) is 24.5 Å². The monoisotopic (exact) mass is 364 g/mol. The maximum atomic E-state index is 12.6. The molecular weight excluding hydrogens is 340 g/mol. The lowest BCUT2D eigenvalue weighted by Crippen LogP contribution is -2.54. The highest BCUT2D eigenvalue weighted by atomic mass is 16.2. The number of nitrogens with zero attached hydrogens (tertiary/aromatic N) is 3. The molecule has 1 aromatic heterocycles. The van der Waals surface area contributed by atoms with E-state index in [-0.39, 0.29) is 11.8 Å². The lowest BCUT2D eigenvalue weighted by atomic mass is 10.2. The number of carbonyl (C=O) groups is 2. The molecule has 1 aliphatic rings. The Hall–Kier alpha value is -3.15. The van der Waals surface area contributed by atoms with E-state index in [9.17, 15) is 9.59 Å². The number of hydrogen-bond acceptors (Lipinski definition) is 4. The lowest BCUT2D eigenvalue weighted by Gasteiger charge is -2.36. The molecule has 1 aromatic carbocycles. The molecule has 0 spiro atoms. The SMILES string of the molecule is C[C@H](NC(=O)/C=C/c1ccccc1)C(=O)N1CCN(c2ccccn2)CC1. The topological polar surface area (TPSA) is 65.5 Å². The summed E-state index contributed by atoms with van der Waals surface area (Å²) in [6, 6.07) is 14.8. The molecule has 1 atom stereocenters. The maximum absolute atomic E-state index is 12.6. The average molecular weight is 364 g/mol. The molecule has 3 rings (SSSR count). The summed E-state index contributed by atoms with van der Waals surface area (Å²) in [7, 11) is 0. The van der Waals surface area contributed by atoms with E-state index in [0.29, 0.717) is 13.1 Å². The molecule has 1 fully saturated rings. The number of rotatable bonds is 5. The molecule has 2 amide bonds. The fraction of sp³-hybridized carbons (Fsp3) is 0.286. The minimum Gasteiger partial charge on any atom is -0.353 e. The van der Waals surface area contributed by atoms with E-state index in [1.807, 2.05) is 48.5 Å². The molecule has 0 bridgehead atoms. The zero-order valence-electron chi connectivity index (χ0n) is 15.4. The van der Waals surface area contributed by atoms with Crippen LogP contribution in [-0.2, 0) is 9.59 Å². The lowest BCUT2D eigenvalue weighted by molar-refractivity contribution is -0.135. The fourth-order valence-electron chi connectivity index (χ4n) is 3.03. The van der Waals surface area contributed by atoms with Gasteiger partial charge in [0.15, 0.2) is 0 Å². The highest BCUT2D eigenvalue weighted by molar-refractivity contribution is 5.95. The van der Waals surface area contributed by atoms with Crippen LogP contribution in [0.1, 0.15) is 12.5 Å². The third kappa shape index (κ3) is 5.17. The number of pyridine rings is 1. The first-order valence-electron chi connectivity index (χ1n) is 9.12. The summed E-state index contributed by atoms with van der Waals surface area (Å²) in [5, 5.41) is 2.75. The van der Waals surface area contributed by atoms with Crippen LogP contribution in [0.25, 0.3) is 6.08 Å². The standard InChI is InChI=1S/C21H24N4O2/c1-17(23-20(26)11-10-18-7-3-2-4-8-18)21(27)25-15-13-24(14-16-25)19-9-5-6-12-22-19/h2-12,17H,13-16H2,1H3,(H,23,26)/b11-10+/t17-/m0/s1. The van der Waals surface area contributed by atoms with Gasteiger partial charge < -0.3 is 15.1 Å². The van der Waals surface area contributed by atoms with E-state index >= 15 is 0 Å². The van der Waals surface area contributed by atoms with Gasteiger partial charge in [-0.2, -0.15) is 0 Å². The summed E-state index contributed by atoms with van der Waals surface area (Å²) >= 11 is 0. The summed E-state index contributed by atoms with van der Waals surface area (Å²) in [5.41, 5.74) is 0.942. The third-order valence-corrected chi connectivity index (χ3v) is 4.52. The van der Waals surface area contributed by atoms with Crippen LogP contribution in [0.5, 0.6) is 0 Å². The van der Waals surface area contributed by atoms with Crippen LogP contribution in [0.4, 0.5) is 5.82 Å². The van der Waals surface area contributed by atoms with Crippen LogP contribution >= 0.6 is 0 Å². The number of nitrogens with one attached hydrogen (secondary N) is 1. The first-order valence-corrected chi connectivity index (χ1v) is 9.12. The van der Waals surface area contributed by atoms with Crippen LogP contribution in [0.15, 0.2) is 60.8 Å². The van der Waals surface area contributed by atoms with Gasteiger partial charge in [-0.25, -0.2) is 4.98 Å². The molecule has 2 heterocycles. The second kappa shape index (κ2) is 8.98. The molecule has 6 nitrogen and oxygen atoms in total. The zero-order valence-corrected chi connectivity index (χ0v) is 15.4. The smallest absolute Gasteiger partial charge is 0.244 e. The Bertz CT molecular complexity index is 784. The summed E-state index contributed by atoms with van der Waals surface area (Å²) in [5.74, 6) is 0.598. The zero-order chi connectivity index (χ0) is 19.1. The minimum atomic E-state index is -0.556. The quantitative estimate of drug-likeness (QED) is 0.824. The van der Waals surface area contributed by atoms with Crippen LogP contribution in [0.2, 0.25) is 0 Å². The molecule has 1 aliphatic heterocycles. The van der Waals surface area contributed by atoms with Crippen LogP contribution < -0.4 is 10.2 Å². The van der Waals surface area contributed by atoms with Gasteiger partial charge in [-0.1, -0.05) is 36.4 Å². The maximum Gasteiger partial charge on any atom is 0.244 e. The van der Waals surface area contributed by atoms with E-state index in [4.69, 9.17) is 0 Å². The predicted molar refractivity (Wildman–Crippen MR) is 106 cm³/mol. The second-order valence-electron chi connectivity index (χ2n) is 6.47. The Kier molecular flexibility index (Phi) is 6.20. The first-order chi connectivity index (χ1) is 13.1. The van der Waals surface area contributed by atoms with Crippen molar-refractivity contribution in [2.75, 3.05) is 31.1 Å². The van der Waals surface area contributed by atoms with E-state index in [1.165, 1.54) is 6.08 Å². The molecule has 140 valence electrons. The number of anilines is 1. The second-order valence-corrected chi connectivity index (χ2v) is 6.47. The molecule has 0 aliphatic carbocycles. The third-order valence-electron chi connectivity index (χ3n) is 4.52. The number of aromatic nitrogens is 1. The molecule has 0 unspecified atom stereocenters.